The number of nitrogen functional groups attached to an aromatic ring is 1. The van der Waals surface area contributed by atoms with Crippen LogP contribution in [0.3, 0.4) is 0 Å². The smallest absolute Gasteiger partial charge is 0.109 e. The molecule has 1 fully saturated rings. The molecule has 1 aliphatic rings. The highest BCUT2D eigenvalue weighted by atomic mass is 32.1. The molecule has 0 saturated carbocycles. The topological polar surface area (TPSA) is 29.3 Å². The summed E-state index contributed by atoms with van der Waals surface area (Å²) in [6.45, 7) is 2.20. The van der Waals surface area contributed by atoms with E-state index in [9.17, 15) is 0 Å². The van der Waals surface area contributed by atoms with Crippen molar-refractivity contribution in [1.82, 2.24) is 4.90 Å². The van der Waals surface area contributed by atoms with Gasteiger partial charge in [0.05, 0.1) is 0 Å². The van der Waals surface area contributed by atoms with Crippen molar-refractivity contribution in [3.63, 3.8) is 0 Å². The van der Waals surface area contributed by atoms with Gasteiger partial charge in [-0.15, -0.1) is 0 Å². The molecule has 0 unspecified atom stereocenters. The third-order valence-corrected chi connectivity index (χ3v) is 3.29. The van der Waals surface area contributed by atoms with Crippen LogP contribution in [0.1, 0.15) is 24.8 Å². The van der Waals surface area contributed by atoms with Gasteiger partial charge in [-0.25, -0.2) is 0 Å². The zero-order valence-corrected chi connectivity index (χ0v) is 9.59. The molecule has 1 heterocycles. The average Bonchev–Trinajstić information content (AvgIpc) is 2.30. The Kier molecular flexibility index (Phi) is 3.21. The van der Waals surface area contributed by atoms with Gasteiger partial charge in [0.25, 0.3) is 0 Å². The van der Waals surface area contributed by atoms with Crippen molar-refractivity contribution in [1.29, 1.82) is 0 Å². The Balaban J connectivity index is 2.09. The van der Waals surface area contributed by atoms with Gasteiger partial charge in [-0.1, -0.05) is 12.2 Å². The van der Waals surface area contributed by atoms with Crippen LogP contribution in [0.25, 0.3) is 0 Å². The monoisotopic (exact) mass is 220 g/mol. The number of thiocarbonyl (C=S) groups is 1. The van der Waals surface area contributed by atoms with E-state index in [0.717, 1.165) is 29.3 Å². The Morgan fingerprint density at radius 2 is 1.67 bits per heavy atom. The second-order valence-corrected chi connectivity index (χ2v) is 4.36. The number of hydrogen-bond donors (Lipinski definition) is 1. The first-order valence-electron chi connectivity index (χ1n) is 5.42. The lowest BCUT2D eigenvalue weighted by atomic mass is 10.1. The van der Waals surface area contributed by atoms with Crippen molar-refractivity contribution in [2.75, 3.05) is 18.8 Å². The molecule has 0 atom stereocenters. The lowest BCUT2D eigenvalue weighted by Gasteiger charge is -2.29. The van der Waals surface area contributed by atoms with Crippen LogP contribution >= 0.6 is 12.2 Å². The second kappa shape index (κ2) is 4.62. The van der Waals surface area contributed by atoms with Crippen LogP contribution in [0.5, 0.6) is 0 Å². The molecule has 3 heteroatoms. The summed E-state index contributed by atoms with van der Waals surface area (Å²) in [5.74, 6) is 0. The molecule has 2 rings (SSSR count). The van der Waals surface area contributed by atoms with Gasteiger partial charge in [0, 0.05) is 24.3 Å². The second-order valence-electron chi connectivity index (χ2n) is 3.97. The van der Waals surface area contributed by atoms with Crippen molar-refractivity contribution in [3.05, 3.63) is 29.8 Å². The summed E-state index contributed by atoms with van der Waals surface area (Å²) in [5, 5.41) is 0. The van der Waals surface area contributed by atoms with Crippen LogP contribution in [0.2, 0.25) is 0 Å². The predicted molar refractivity (Wildman–Crippen MR) is 68.0 cm³/mol. The van der Waals surface area contributed by atoms with Gasteiger partial charge < -0.3 is 10.6 Å². The highest BCUT2D eigenvalue weighted by Gasteiger charge is 2.14. The van der Waals surface area contributed by atoms with Crippen molar-refractivity contribution in [2.24, 2.45) is 0 Å². The molecule has 0 spiro atoms. The Morgan fingerprint density at radius 3 is 2.27 bits per heavy atom. The van der Waals surface area contributed by atoms with Gasteiger partial charge in [-0.2, -0.15) is 0 Å². The molecule has 2 nitrogen and oxygen atoms in total. The summed E-state index contributed by atoms with van der Waals surface area (Å²) < 4.78 is 0. The molecule has 0 bridgehead atoms. The first-order chi connectivity index (χ1) is 7.27. The summed E-state index contributed by atoms with van der Waals surface area (Å²) in [6, 6.07) is 7.83. The molecule has 15 heavy (non-hydrogen) atoms. The molecule has 1 aromatic carbocycles. The Morgan fingerprint density at radius 1 is 1.07 bits per heavy atom. The van der Waals surface area contributed by atoms with Gasteiger partial charge in [0.15, 0.2) is 0 Å². The van der Waals surface area contributed by atoms with Crippen LogP contribution in [0, 0.1) is 0 Å². The maximum atomic E-state index is 5.65. The van der Waals surface area contributed by atoms with Gasteiger partial charge in [0.1, 0.15) is 4.99 Å². The molecule has 1 aliphatic heterocycles. The van der Waals surface area contributed by atoms with Gasteiger partial charge in [0.2, 0.25) is 0 Å². The summed E-state index contributed by atoms with van der Waals surface area (Å²) in [6.07, 6.45) is 3.85. The summed E-state index contributed by atoms with van der Waals surface area (Å²) in [4.78, 5) is 3.26. The molecule has 0 aromatic heterocycles. The fourth-order valence-electron chi connectivity index (χ4n) is 1.91. The number of hydrogen-bond acceptors (Lipinski definition) is 2. The van der Waals surface area contributed by atoms with E-state index in [0.29, 0.717) is 0 Å². The lowest BCUT2D eigenvalue weighted by molar-refractivity contribution is 0.347. The molecule has 1 saturated heterocycles. The van der Waals surface area contributed by atoms with E-state index in [-0.39, 0.29) is 0 Å². The minimum atomic E-state index is 0.792. The zero-order valence-electron chi connectivity index (χ0n) is 8.78. The maximum absolute atomic E-state index is 5.65. The van der Waals surface area contributed by atoms with Crippen LogP contribution < -0.4 is 5.73 Å². The van der Waals surface area contributed by atoms with Crippen molar-refractivity contribution in [3.8, 4) is 0 Å². The number of nitrogens with two attached hydrogens (primary N) is 1. The fraction of sp³-hybridized carbons (Fsp3) is 0.417. The minimum absolute atomic E-state index is 0.792. The number of piperidine rings is 1. The van der Waals surface area contributed by atoms with Gasteiger partial charge in [-0.05, 0) is 43.5 Å². The number of benzene rings is 1. The fourth-order valence-corrected chi connectivity index (χ4v) is 2.22. The van der Waals surface area contributed by atoms with Crippen LogP contribution in [-0.2, 0) is 0 Å². The normalized spacial score (nSPS) is 16.4. The zero-order chi connectivity index (χ0) is 10.7. The molecule has 1 aromatic rings. The molecular weight excluding hydrogens is 204 g/mol. The summed E-state index contributed by atoms with van der Waals surface area (Å²) >= 11 is 5.47. The quantitative estimate of drug-likeness (QED) is 0.582. The molecule has 0 amide bonds. The van der Waals surface area contributed by atoms with Gasteiger partial charge in [-0.3, -0.25) is 0 Å². The molecule has 80 valence electrons. The van der Waals surface area contributed by atoms with E-state index in [2.05, 4.69) is 4.90 Å². The van der Waals surface area contributed by atoms with Crippen LogP contribution in [0.15, 0.2) is 24.3 Å². The summed E-state index contributed by atoms with van der Waals surface area (Å²) in [5.41, 5.74) is 7.55. The molecule has 2 N–H and O–H groups in total. The SMILES string of the molecule is Nc1ccc(C(=S)N2CCCCC2)cc1. The molecular formula is C12H16N2S. The van der Waals surface area contributed by atoms with E-state index >= 15 is 0 Å². The lowest BCUT2D eigenvalue weighted by Crippen LogP contribution is -2.34. The summed E-state index contributed by atoms with van der Waals surface area (Å²) in [7, 11) is 0. The first kappa shape index (κ1) is 10.4. The van der Waals surface area contributed by atoms with Gasteiger partial charge >= 0.3 is 0 Å². The van der Waals surface area contributed by atoms with E-state index < -0.39 is 0 Å². The van der Waals surface area contributed by atoms with E-state index in [4.69, 9.17) is 18.0 Å². The molecule has 0 radical (unpaired) electrons. The van der Waals surface area contributed by atoms with E-state index in [1.165, 1.54) is 19.3 Å². The standard InChI is InChI=1S/C12H16N2S/c13-11-6-4-10(5-7-11)12(15)14-8-2-1-3-9-14/h4-7H,1-3,8-9,13H2. The Hall–Kier alpha value is -1.09. The maximum Gasteiger partial charge on any atom is 0.109 e. The van der Waals surface area contributed by atoms with E-state index in [1.807, 2.05) is 24.3 Å². The van der Waals surface area contributed by atoms with Crippen LogP contribution in [0.4, 0.5) is 5.69 Å². The number of anilines is 1. The minimum Gasteiger partial charge on any atom is -0.399 e. The third kappa shape index (κ3) is 2.48. The highest BCUT2D eigenvalue weighted by molar-refractivity contribution is 7.80. The largest absolute Gasteiger partial charge is 0.399 e. The first-order valence-corrected chi connectivity index (χ1v) is 5.83. The third-order valence-electron chi connectivity index (χ3n) is 2.80. The predicted octanol–water partition coefficient (Wildman–Crippen LogP) is 2.43. The number of rotatable bonds is 1. The average molecular weight is 220 g/mol. The van der Waals surface area contributed by atoms with Crippen molar-refractivity contribution < 1.29 is 0 Å². The van der Waals surface area contributed by atoms with E-state index in [1.54, 1.807) is 0 Å². The molecule has 0 aliphatic carbocycles. The van der Waals surface area contributed by atoms with Crippen molar-refractivity contribution in [2.45, 2.75) is 19.3 Å². The highest BCUT2D eigenvalue weighted by Crippen LogP contribution is 2.15. The van der Waals surface area contributed by atoms with Crippen LogP contribution in [-0.4, -0.2) is 23.0 Å². The Labute approximate surface area is 96.1 Å². The number of nitrogens with zero attached hydrogens (tertiary/aromatic N) is 1. The number of likely N-dealkylation sites (tertiary alicyclic amines) is 1. The van der Waals surface area contributed by atoms with Crippen molar-refractivity contribution >= 4 is 22.9 Å². The Bertz CT molecular complexity index is 339.